The molecule has 5 rings (SSSR count). The Morgan fingerprint density at radius 1 is 1.33 bits per heavy atom. The van der Waals surface area contributed by atoms with Crippen molar-refractivity contribution in [2.24, 2.45) is 5.73 Å². The number of amides is 1. The summed E-state index contributed by atoms with van der Waals surface area (Å²) in [6, 6.07) is 9.14. The summed E-state index contributed by atoms with van der Waals surface area (Å²) in [7, 11) is 0. The number of hydrogen-bond donors (Lipinski definition) is 1. The van der Waals surface area contributed by atoms with Crippen molar-refractivity contribution in [1.82, 2.24) is 0 Å². The zero-order chi connectivity index (χ0) is 18.9. The first-order valence-corrected chi connectivity index (χ1v) is 8.68. The lowest BCUT2D eigenvalue weighted by atomic mass is 9.69. The number of hydrogen-bond acceptors (Lipinski definition) is 6. The maximum atomic E-state index is 13.7. The van der Waals surface area contributed by atoms with Gasteiger partial charge in [0, 0.05) is 18.2 Å². The summed E-state index contributed by atoms with van der Waals surface area (Å²) in [5, 5.41) is 9.87. The van der Waals surface area contributed by atoms with Crippen LogP contribution in [0.2, 0.25) is 0 Å². The van der Waals surface area contributed by atoms with E-state index in [1.165, 1.54) is 6.07 Å². The van der Waals surface area contributed by atoms with Gasteiger partial charge in [0.05, 0.1) is 5.69 Å². The molecule has 2 N–H and O–H groups in total. The molecule has 7 heteroatoms. The van der Waals surface area contributed by atoms with Crippen molar-refractivity contribution >= 4 is 11.6 Å². The van der Waals surface area contributed by atoms with Crippen molar-refractivity contribution in [2.45, 2.75) is 25.2 Å². The topological polar surface area (TPSA) is 110 Å². The lowest BCUT2D eigenvalue weighted by Crippen LogP contribution is -2.48. The first-order chi connectivity index (χ1) is 13.0. The van der Waals surface area contributed by atoms with Gasteiger partial charge in [-0.3, -0.25) is 4.79 Å². The molecule has 0 bridgehead atoms. The monoisotopic (exact) mass is 361 g/mol. The van der Waals surface area contributed by atoms with E-state index in [-0.39, 0.29) is 28.7 Å². The summed E-state index contributed by atoms with van der Waals surface area (Å²) >= 11 is 0. The number of para-hydroxylation sites is 1. The second kappa shape index (κ2) is 5.01. The fraction of sp³-hybridized carbons (Fsp3) is 0.250. The van der Waals surface area contributed by atoms with E-state index in [9.17, 15) is 14.9 Å². The van der Waals surface area contributed by atoms with E-state index in [4.69, 9.17) is 14.9 Å². The molecule has 4 heterocycles. The first kappa shape index (κ1) is 15.7. The molecule has 0 unspecified atom stereocenters. The van der Waals surface area contributed by atoms with Crippen LogP contribution in [-0.2, 0) is 16.6 Å². The molecule has 3 aliphatic rings. The molecule has 1 aromatic carbocycles. The van der Waals surface area contributed by atoms with E-state index in [1.807, 2.05) is 18.2 Å². The first-order valence-electron chi connectivity index (χ1n) is 8.68. The minimum Gasteiger partial charge on any atom is -0.440 e. The maximum Gasteiger partial charge on any atom is 0.344 e. The molecule has 0 radical (unpaired) electrons. The minimum absolute atomic E-state index is 0.0200. The molecule has 1 spiro atoms. The molecule has 0 fully saturated rings. The predicted molar refractivity (Wildman–Crippen MR) is 95.1 cm³/mol. The van der Waals surface area contributed by atoms with Crippen LogP contribution >= 0.6 is 0 Å². The van der Waals surface area contributed by atoms with Gasteiger partial charge in [-0.2, -0.15) is 5.26 Å². The van der Waals surface area contributed by atoms with Crippen molar-refractivity contribution in [3.8, 4) is 11.8 Å². The Hall–Kier alpha value is -3.53. The van der Waals surface area contributed by atoms with Gasteiger partial charge in [-0.05, 0) is 25.3 Å². The fourth-order valence-electron chi connectivity index (χ4n) is 4.58. The largest absolute Gasteiger partial charge is 0.440 e. The van der Waals surface area contributed by atoms with Crippen LogP contribution in [0.5, 0.6) is 5.75 Å². The highest BCUT2D eigenvalue weighted by atomic mass is 16.5. The van der Waals surface area contributed by atoms with Crippen LogP contribution in [0.15, 0.2) is 44.9 Å². The van der Waals surface area contributed by atoms with Crippen LogP contribution in [0.3, 0.4) is 0 Å². The third-order valence-electron chi connectivity index (χ3n) is 5.55. The highest BCUT2D eigenvalue weighted by Gasteiger charge is 2.61. The van der Waals surface area contributed by atoms with Crippen LogP contribution < -0.4 is 21.0 Å². The van der Waals surface area contributed by atoms with Crippen molar-refractivity contribution in [3.05, 3.63) is 68.6 Å². The van der Waals surface area contributed by atoms with Gasteiger partial charge in [-0.25, -0.2) is 4.79 Å². The Morgan fingerprint density at radius 2 is 2.15 bits per heavy atom. The number of aryl methyl sites for hydroxylation is 2. The second-order valence-corrected chi connectivity index (χ2v) is 6.96. The average molecular weight is 361 g/mol. The number of nitriles is 1. The number of ether oxygens (including phenoxy) is 1. The summed E-state index contributed by atoms with van der Waals surface area (Å²) in [6.07, 6.45) is 1.64. The van der Waals surface area contributed by atoms with E-state index < -0.39 is 11.0 Å². The van der Waals surface area contributed by atoms with Gasteiger partial charge in [0.2, 0.25) is 11.8 Å². The molecule has 1 aromatic heterocycles. The number of benzene rings is 1. The summed E-state index contributed by atoms with van der Waals surface area (Å²) in [5.41, 5.74) is 6.05. The van der Waals surface area contributed by atoms with Gasteiger partial charge in [0.25, 0.3) is 0 Å². The molecule has 3 aliphatic heterocycles. The molecule has 1 amide bonds. The van der Waals surface area contributed by atoms with Crippen LogP contribution in [0.25, 0.3) is 0 Å². The lowest BCUT2D eigenvalue weighted by Gasteiger charge is -2.33. The molecule has 1 atom stereocenters. The standard InChI is InChI=1S/C20H15N3O4/c1-10-8-14-15(18(24)26-10)20(13(9-21)17(22)27-14)12-6-2-4-11-5-3-7-23(16(11)12)19(20)25/h2,4,6,8H,3,5,7,22H2,1H3/t20-/m0/s1. The van der Waals surface area contributed by atoms with Crippen LogP contribution in [-0.4, -0.2) is 12.5 Å². The van der Waals surface area contributed by atoms with Crippen molar-refractivity contribution in [2.75, 3.05) is 11.4 Å². The summed E-state index contributed by atoms with van der Waals surface area (Å²) in [6.45, 7) is 2.14. The van der Waals surface area contributed by atoms with Crippen LogP contribution in [0.4, 0.5) is 5.69 Å². The molecule has 0 saturated heterocycles. The van der Waals surface area contributed by atoms with Crippen LogP contribution in [0, 0.1) is 18.3 Å². The van der Waals surface area contributed by atoms with Crippen LogP contribution in [0.1, 0.15) is 28.9 Å². The zero-order valence-corrected chi connectivity index (χ0v) is 14.5. The summed E-state index contributed by atoms with van der Waals surface area (Å²) in [4.78, 5) is 28.3. The Labute approximate surface area is 154 Å². The van der Waals surface area contributed by atoms with E-state index in [2.05, 4.69) is 0 Å². The number of carbonyl (C=O) groups excluding carboxylic acids is 1. The average Bonchev–Trinajstić information content (AvgIpc) is 2.87. The Kier molecular flexibility index (Phi) is 2.91. The van der Waals surface area contributed by atoms with Gasteiger partial charge in [-0.1, -0.05) is 18.2 Å². The molecular weight excluding hydrogens is 346 g/mol. The van der Waals surface area contributed by atoms with Gasteiger partial charge in [-0.15, -0.1) is 0 Å². The van der Waals surface area contributed by atoms with Gasteiger partial charge in [0.1, 0.15) is 28.7 Å². The molecule has 0 aliphatic carbocycles. The van der Waals surface area contributed by atoms with Gasteiger partial charge >= 0.3 is 5.63 Å². The highest BCUT2D eigenvalue weighted by molar-refractivity contribution is 6.15. The molecule has 27 heavy (non-hydrogen) atoms. The number of rotatable bonds is 0. The second-order valence-electron chi connectivity index (χ2n) is 6.96. The molecule has 134 valence electrons. The fourth-order valence-corrected chi connectivity index (χ4v) is 4.58. The highest BCUT2D eigenvalue weighted by Crippen LogP contribution is 2.55. The maximum absolute atomic E-state index is 13.7. The van der Waals surface area contributed by atoms with Gasteiger partial charge < -0.3 is 19.8 Å². The number of nitrogens with zero attached hydrogens (tertiary/aromatic N) is 2. The van der Waals surface area contributed by atoms with Gasteiger partial charge in [0.15, 0.2) is 5.41 Å². The number of nitrogens with two attached hydrogens (primary N) is 1. The van der Waals surface area contributed by atoms with E-state index in [0.717, 1.165) is 24.1 Å². The molecule has 0 saturated carbocycles. The van der Waals surface area contributed by atoms with Crippen molar-refractivity contribution in [3.63, 3.8) is 0 Å². The Bertz CT molecular complexity index is 1170. The summed E-state index contributed by atoms with van der Waals surface area (Å²) in [5.74, 6) is -0.0283. The lowest BCUT2D eigenvalue weighted by molar-refractivity contribution is -0.121. The van der Waals surface area contributed by atoms with E-state index in [1.54, 1.807) is 17.9 Å². The molecule has 7 nitrogen and oxygen atoms in total. The number of carbonyl (C=O) groups is 1. The zero-order valence-electron chi connectivity index (χ0n) is 14.5. The normalized spacial score (nSPS) is 22.4. The summed E-state index contributed by atoms with van der Waals surface area (Å²) < 4.78 is 10.9. The predicted octanol–water partition coefficient (Wildman–Crippen LogP) is 1.61. The van der Waals surface area contributed by atoms with Crippen molar-refractivity contribution in [1.29, 1.82) is 5.26 Å². The number of fused-ring (bicyclic) bond motifs is 3. The minimum atomic E-state index is -1.63. The molecule has 2 aromatic rings. The smallest absolute Gasteiger partial charge is 0.344 e. The SMILES string of the molecule is Cc1cc2c(c(=O)o1)[C@@]1(C(=O)N3CCCc4cccc1c43)C(C#N)=C(N)O2. The van der Waals surface area contributed by atoms with E-state index >= 15 is 0 Å². The van der Waals surface area contributed by atoms with E-state index in [0.29, 0.717) is 17.9 Å². The Balaban J connectivity index is 1.99. The van der Waals surface area contributed by atoms with Crippen molar-refractivity contribution < 1.29 is 13.9 Å². The third-order valence-corrected chi connectivity index (χ3v) is 5.55. The third kappa shape index (κ3) is 1.70. The molecular formula is C20H15N3O4. The number of anilines is 1. The Morgan fingerprint density at radius 3 is 2.93 bits per heavy atom. The quantitative estimate of drug-likeness (QED) is 0.763.